The molecule has 1 aliphatic rings. The van der Waals surface area contributed by atoms with E-state index in [4.69, 9.17) is 5.11 Å². The van der Waals surface area contributed by atoms with Crippen molar-refractivity contribution in [2.24, 2.45) is 0 Å². The predicted molar refractivity (Wildman–Crippen MR) is 76.0 cm³/mol. The van der Waals surface area contributed by atoms with Gasteiger partial charge in [-0.1, -0.05) is 6.07 Å². The zero-order valence-electron chi connectivity index (χ0n) is 11.8. The summed E-state index contributed by atoms with van der Waals surface area (Å²) in [5.74, 6) is 0. The van der Waals surface area contributed by atoms with Crippen molar-refractivity contribution in [1.82, 2.24) is 4.90 Å². The molecule has 4 nitrogen and oxygen atoms in total. The normalized spacial score (nSPS) is 24.3. The van der Waals surface area contributed by atoms with E-state index in [0.29, 0.717) is 17.6 Å². The number of hydrogen-bond acceptors (Lipinski definition) is 4. The van der Waals surface area contributed by atoms with Crippen LogP contribution in [0, 0.1) is 11.3 Å². The summed E-state index contributed by atoms with van der Waals surface area (Å²) in [4.78, 5) is 4.64. The van der Waals surface area contributed by atoms with Gasteiger partial charge in [0, 0.05) is 25.2 Å². The molecule has 19 heavy (non-hydrogen) atoms. The smallest absolute Gasteiger partial charge is 0.101 e. The highest BCUT2D eigenvalue weighted by Gasteiger charge is 2.27. The van der Waals surface area contributed by atoms with Crippen molar-refractivity contribution >= 4 is 5.69 Å². The van der Waals surface area contributed by atoms with Crippen LogP contribution in [0.3, 0.4) is 0 Å². The maximum absolute atomic E-state index is 9.28. The fraction of sp³-hybridized carbons (Fsp3) is 0.533. The van der Waals surface area contributed by atoms with Gasteiger partial charge in [-0.05, 0) is 38.6 Å². The molecule has 1 fully saturated rings. The first-order valence-electron chi connectivity index (χ1n) is 6.67. The molecular formula is C15H21N3O. The second-order valence-electron chi connectivity index (χ2n) is 5.39. The summed E-state index contributed by atoms with van der Waals surface area (Å²) in [7, 11) is 2.15. The van der Waals surface area contributed by atoms with Gasteiger partial charge in [0.1, 0.15) is 6.07 Å². The van der Waals surface area contributed by atoms with Crippen molar-refractivity contribution in [3.05, 3.63) is 29.3 Å². The van der Waals surface area contributed by atoms with Gasteiger partial charge in [0.2, 0.25) is 0 Å². The SMILES string of the molecule is CC1CN(c2ccc(CO)cc2C#N)CC(C)N1C. The van der Waals surface area contributed by atoms with E-state index in [1.54, 1.807) is 6.07 Å². The minimum Gasteiger partial charge on any atom is -0.392 e. The van der Waals surface area contributed by atoms with E-state index in [1.807, 2.05) is 12.1 Å². The van der Waals surface area contributed by atoms with Gasteiger partial charge < -0.3 is 10.0 Å². The van der Waals surface area contributed by atoms with E-state index >= 15 is 0 Å². The second kappa shape index (κ2) is 5.60. The molecule has 1 heterocycles. The van der Waals surface area contributed by atoms with Gasteiger partial charge in [-0.3, -0.25) is 4.90 Å². The van der Waals surface area contributed by atoms with Crippen LogP contribution in [0.25, 0.3) is 0 Å². The maximum atomic E-state index is 9.28. The van der Waals surface area contributed by atoms with Crippen LogP contribution in [0.2, 0.25) is 0 Å². The van der Waals surface area contributed by atoms with Crippen LogP contribution in [-0.2, 0) is 6.61 Å². The molecule has 4 heteroatoms. The van der Waals surface area contributed by atoms with Crippen LogP contribution < -0.4 is 4.90 Å². The molecule has 0 radical (unpaired) electrons. The number of benzene rings is 1. The summed E-state index contributed by atoms with van der Waals surface area (Å²) >= 11 is 0. The lowest BCUT2D eigenvalue weighted by Gasteiger charge is -2.43. The third kappa shape index (κ3) is 2.73. The molecule has 0 bridgehead atoms. The average molecular weight is 259 g/mol. The topological polar surface area (TPSA) is 50.5 Å². The van der Waals surface area contributed by atoms with Gasteiger partial charge in [0.15, 0.2) is 0 Å². The maximum Gasteiger partial charge on any atom is 0.101 e. The van der Waals surface area contributed by atoms with Crippen molar-refractivity contribution in [2.75, 3.05) is 25.0 Å². The Bertz CT molecular complexity index is 483. The lowest BCUT2D eigenvalue weighted by atomic mass is 10.0. The molecule has 1 saturated heterocycles. The summed E-state index contributed by atoms with van der Waals surface area (Å²) in [5, 5.41) is 18.4. The molecule has 2 rings (SSSR count). The van der Waals surface area contributed by atoms with Gasteiger partial charge >= 0.3 is 0 Å². The number of aliphatic hydroxyl groups excluding tert-OH is 1. The van der Waals surface area contributed by atoms with E-state index in [0.717, 1.165) is 24.3 Å². The first-order valence-corrected chi connectivity index (χ1v) is 6.67. The molecule has 2 unspecified atom stereocenters. The van der Waals surface area contributed by atoms with Gasteiger partial charge in [-0.25, -0.2) is 0 Å². The Morgan fingerprint density at radius 3 is 2.47 bits per heavy atom. The van der Waals surface area contributed by atoms with Crippen molar-refractivity contribution in [3.63, 3.8) is 0 Å². The molecule has 0 spiro atoms. The Morgan fingerprint density at radius 2 is 1.95 bits per heavy atom. The van der Waals surface area contributed by atoms with Crippen LogP contribution in [-0.4, -0.2) is 42.2 Å². The summed E-state index contributed by atoms with van der Waals surface area (Å²) in [6, 6.07) is 8.80. The molecular weight excluding hydrogens is 238 g/mol. The van der Waals surface area contributed by atoms with Crippen LogP contribution in [0.5, 0.6) is 0 Å². The van der Waals surface area contributed by atoms with Crippen LogP contribution in [0.15, 0.2) is 18.2 Å². The first-order chi connectivity index (χ1) is 9.06. The monoisotopic (exact) mass is 259 g/mol. The standard InChI is InChI=1S/C15H21N3O/c1-11-8-18(9-12(2)17(11)3)15-5-4-13(10-19)6-14(15)7-16/h4-6,11-12,19H,8-10H2,1-3H3. The van der Waals surface area contributed by atoms with Gasteiger partial charge in [0.05, 0.1) is 17.9 Å². The third-order valence-electron chi connectivity index (χ3n) is 4.06. The molecule has 102 valence electrons. The van der Waals surface area contributed by atoms with Crippen molar-refractivity contribution < 1.29 is 5.11 Å². The predicted octanol–water partition coefficient (Wildman–Crippen LogP) is 1.58. The summed E-state index contributed by atoms with van der Waals surface area (Å²) in [5.41, 5.74) is 2.41. The van der Waals surface area contributed by atoms with Crippen molar-refractivity contribution in [2.45, 2.75) is 32.5 Å². The fourth-order valence-corrected chi connectivity index (χ4v) is 2.65. The number of aliphatic hydroxyl groups is 1. The first kappa shape index (κ1) is 13.9. The highest BCUT2D eigenvalue weighted by Crippen LogP contribution is 2.25. The van der Waals surface area contributed by atoms with Crippen LogP contribution in [0.4, 0.5) is 5.69 Å². The molecule has 0 aliphatic carbocycles. The summed E-state index contributed by atoms with van der Waals surface area (Å²) < 4.78 is 0. The van der Waals surface area contributed by atoms with E-state index in [9.17, 15) is 5.26 Å². The molecule has 1 N–H and O–H groups in total. The van der Waals surface area contributed by atoms with E-state index in [1.165, 1.54) is 0 Å². The van der Waals surface area contributed by atoms with Gasteiger partial charge in [-0.15, -0.1) is 0 Å². The highest BCUT2D eigenvalue weighted by molar-refractivity contribution is 5.61. The lowest BCUT2D eigenvalue weighted by Crippen LogP contribution is -2.55. The molecule has 1 aliphatic heterocycles. The Labute approximate surface area is 114 Å². The Balaban J connectivity index is 2.30. The second-order valence-corrected chi connectivity index (χ2v) is 5.39. The molecule has 1 aromatic rings. The van der Waals surface area contributed by atoms with Crippen LogP contribution in [0.1, 0.15) is 25.0 Å². The average Bonchev–Trinajstić information content (AvgIpc) is 2.43. The summed E-state index contributed by atoms with van der Waals surface area (Å²) in [6.07, 6.45) is 0. The van der Waals surface area contributed by atoms with E-state index < -0.39 is 0 Å². The molecule has 2 atom stereocenters. The quantitative estimate of drug-likeness (QED) is 0.876. The number of rotatable bonds is 2. The molecule has 0 amide bonds. The minimum atomic E-state index is -0.0233. The molecule has 0 saturated carbocycles. The zero-order valence-corrected chi connectivity index (χ0v) is 11.8. The number of piperazine rings is 1. The number of anilines is 1. The number of nitriles is 1. The third-order valence-corrected chi connectivity index (χ3v) is 4.06. The Kier molecular flexibility index (Phi) is 4.08. The zero-order chi connectivity index (χ0) is 14.0. The number of nitrogens with zero attached hydrogens (tertiary/aromatic N) is 3. The van der Waals surface area contributed by atoms with Crippen LogP contribution >= 0.6 is 0 Å². The Morgan fingerprint density at radius 1 is 1.32 bits per heavy atom. The van der Waals surface area contributed by atoms with Gasteiger partial charge in [-0.2, -0.15) is 5.26 Å². The molecule has 0 aromatic heterocycles. The van der Waals surface area contributed by atoms with E-state index in [2.05, 4.69) is 36.8 Å². The number of likely N-dealkylation sites (N-methyl/N-ethyl adjacent to an activating group) is 1. The van der Waals surface area contributed by atoms with Gasteiger partial charge in [0.25, 0.3) is 0 Å². The lowest BCUT2D eigenvalue weighted by molar-refractivity contribution is 0.170. The highest BCUT2D eigenvalue weighted by atomic mass is 16.3. The number of hydrogen-bond donors (Lipinski definition) is 1. The summed E-state index contributed by atoms with van der Waals surface area (Å²) in [6.45, 7) is 6.24. The Hall–Kier alpha value is -1.57. The largest absolute Gasteiger partial charge is 0.392 e. The molecule has 1 aromatic carbocycles. The van der Waals surface area contributed by atoms with E-state index in [-0.39, 0.29) is 6.61 Å². The van der Waals surface area contributed by atoms with Crippen molar-refractivity contribution in [1.29, 1.82) is 5.26 Å². The fourth-order valence-electron chi connectivity index (χ4n) is 2.65. The minimum absolute atomic E-state index is 0.0233. The van der Waals surface area contributed by atoms with Crippen molar-refractivity contribution in [3.8, 4) is 6.07 Å².